The molecular weight excluding hydrogens is 266 g/mol. The molecule has 1 aliphatic heterocycles. The van der Waals surface area contributed by atoms with Crippen molar-refractivity contribution in [2.45, 2.75) is 25.9 Å². The maximum Gasteiger partial charge on any atom is 0.255 e. The lowest BCUT2D eigenvalue weighted by Crippen LogP contribution is -2.33. The third-order valence-electron chi connectivity index (χ3n) is 3.36. The maximum absolute atomic E-state index is 6.05. The van der Waals surface area contributed by atoms with Crippen molar-refractivity contribution in [3.8, 4) is 0 Å². The molecule has 1 fully saturated rings. The van der Waals surface area contributed by atoms with Crippen LogP contribution in [-0.4, -0.2) is 45.4 Å². The second-order valence-corrected chi connectivity index (χ2v) is 4.97. The lowest BCUT2D eigenvalue weighted by Gasteiger charge is -2.26. The van der Waals surface area contributed by atoms with E-state index in [0.29, 0.717) is 10.9 Å². The number of nitrogens with zero attached hydrogens (tertiary/aromatic N) is 5. The summed E-state index contributed by atoms with van der Waals surface area (Å²) in [5.74, 6) is 1.43. The van der Waals surface area contributed by atoms with Crippen molar-refractivity contribution in [3.05, 3.63) is 17.5 Å². The van der Waals surface area contributed by atoms with Crippen LogP contribution in [0.15, 0.2) is 12.4 Å². The SMILES string of the molecule is CCN(CC1CCCO1)c1cc(Cl)nc2ncnn12. The Labute approximate surface area is 116 Å². The summed E-state index contributed by atoms with van der Waals surface area (Å²) in [4.78, 5) is 10.4. The molecule has 1 aliphatic rings. The van der Waals surface area contributed by atoms with Crippen molar-refractivity contribution in [2.24, 2.45) is 0 Å². The summed E-state index contributed by atoms with van der Waals surface area (Å²) in [7, 11) is 0. The van der Waals surface area contributed by atoms with Crippen molar-refractivity contribution in [2.75, 3.05) is 24.6 Å². The highest BCUT2D eigenvalue weighted by Crippen LogP contribution is 2.21. The van der Waals surface area contributed by atoms with E-state index in [2.05, 4.69) is 26.9 Å². The molecule has 0 amide bonds. The first-order valence-electron chi connectivity index (χ1n) is 6.50. The van der Waals surface area contributed by atoms with Crippen molar-refractivity contribution >= 4 is 23.2 Å². The van der Waals surface area contributed by atoms with Crippen molar-refractivity contribution in [1.82, 2.24) is 19.6 Å². The predicted molar refractivity (Wildman–Crippen MR) is 72.7 cm³/mol. The summed E-state index contributed by atoms with van der Waals surface area (Å²) in [5, 5.41) is 4.64. The summed E-state index contributed by atoms with van der Waals surface area (Å²) in [6, 6.07) is 1.82. The number of hydrogen-bond donors (Lipinski definition) is 0. The van der Waals surface area contributed by atoms with E-state index in [0.717, 1.165) is 38.4 Å². The average Bonchev–Trinajstić information content (AvgIpc) is 3.05. The van der Waals surface area contributed by atoms with Crippen LogP contribution >= 0.6 is 11.6 Å². The molecule has 1 saturated heterocycles. The van der Waals surface area contributed by atoms with Gasteiger partial charge in [0.15, 0.2) is 0 Å². The minimum Gasteiger partial charge on any atom is -0.376 e. The van der Waals surface area contributed by atoms with E-state index >= 15 is 0 Å². The fourth-order valence-corrected chi connectivity index (χ4v) is 2.59. The molecule has 0 saturated carbocycles. The van der Waals surface area contributed by atoms with Gasteiger partial charge in [0.25, 0.3) is 5.78 Å². The number of halogens is 1. The monoisotopic (exact) mass is 281 g/mol. The van der Waals surface area contributed by atoms with Crippen molar-refractivity contribution in [1.29, 1.82) is 0 Å². The first-order valence-corrected chi connectivity index (χ1v) is 6.88. The van der Waals surface area contributed by atoms with E-state index in [1.807, 2.05) is 6.07 Å². The molecule has 0 bridgehead atoms. The molecule has 2 aromatic rings. The molecule has 1 atom stereocenters. The Morgan fingerprint density at radius 3 is 3.21 bits per heavy atom. The summed E-state index contributed by atoms with van der Waals surface area (Å²) >= 11 is 6.05. The second kappa shape index (κ2) is 5.30. The molecule has 2 aromatic heterocycles. The first-order chi connectivity index (χ1) is 9.28. The summed E-state index contributed by atoms with van der Waals surface area (Å²) in [6.45, 7) is 4.66. The fraction of sp³-hybridized carbons (Fsp3) is 0.583. The molecule has 102 valence electrons. The largest absolute Gasteiger partial charge is 0.376 e. The van der Waals surface area contributed by atoms with Crippen LogP contribution < -0.4 is 4.90 Å². The standard InChI is InChI=1S/C12H16ClN5O/c1-2-17(7-9-4-3-5-19-9)11-6-10(13)16-12-14-8-15-18(11)12/h6,8-9H,2-5,7H2,1H3. The van der Waals surface area contributed by atoms with Gasteiger partial charge in [-0.05, 0) is 19.8 Å². The molecule has 0 N–H and O–H groups in total. The Bertz CT molecular complexity index is 566. The van der Waals surface area contributed by atoms with Crippen LogP contribution in [0.25, 0.3) is 5.78 Å². The molecule has 7 heteroatoms. The molecule has 19 heavy (non-hydrogen) atoms. The van der Waals surface area contributed by atoms with E-state index in [4.69, 9.17) is 16.3 Å². The van der Waals surface area contributed by atoms with Gasteiger partial charge in [0.1, 0.15) is 17.3 Å². The van der Waals surface area contributed by atoms with Gasteiger partial charge in [-0.2, -0.15) is 19.6 Å². The third kappa shape index (κ3) is 2.50. The predicted octanol–water partition coefficient (Wildman–Crippen LogP) is 1.78. The number of hydrogen-bond acceptors (Lipinski definition) is 5. The zero-order valence-corrected chi connectivity index (χ0v) is 11.5. The maximum atomic E-state index is 6.05. The average molecular weight is 282 g/mol. The Kier molecular flexibility index (Phi) is 3.52. The van der Waals surface area contributed by atoms with Gasteiger partial charge in [-0.25, -0.2) is 0 Å². The zero-order valence-electron chi connectivity index (χ0n) is 10.8. The molecule has 3 rings (SSSR count). The fourth-order valence-electron chi connectivity index (χ4n) is 2.41. The molecule has 0 aromatic carbocycles. The number of aromatic nitrogens is 4. The van der Waals surface area contributed by atoms with Gasteiger partial charge in [0, 0.05) is 25.8 Å². The van der Waals surface area contributed by atoms with Crippen LogP contribution in [-0.2, 0) is 4.74 Å². The van der Waals surface area contributed by atoms with Gasteiger partial charge in [0.2, 0.25) is 0 Å². The van der Waals surface area contributed by atoms with Crippen LogP contribution in [0.5, 0.6) is 0 Å². The number of rotatable bonds is 4. The topological polar surface area (TPSA) is 55.5 Å². The minimum absolute atomic E-state index is 0.283. The Balaban J connectivity index is 1.93. The van der Waals surface area contributed by atoms with Crippen LogP contribution in [0.2, 0.25) is 5.15 Å². The quantitative estimate of drug-likeness (QED) is 0.800. The van der Waals surface area contributed by atoms with Gasteiger partial charge in [-0.1, -0.05) is 11.6 Å². The van der Waals surface area contributed by atoms with Crippen LogP contribution in [0, 0.1) is 0 Å². The Morgan fingerprint density at radius 2 is 2.47 bits per heavy atom. The molecule has 0 spiro atoms. The normalized spacial score (nSPS) is 19.2. The zero-order chi connectivity index (χ0) is 13.2. The van der Waals surface area contributed by atoms with Gasteiger partial charge in [0.05, 0.1) is 6.10 Å². The first kappa shape index (κ1) is 12.6. The lowest BCUT2D eigenvalue weighted by atomic mass is 10.2. The molecule has 1 unspecified atom stereocenters. The van der Waals surface area contributed by atoms with Gasteiger partial charge < -0.3 is 9.64 Å². The van der Waals surface area contributed by atoms with Crippen LogP contribution in [0.1, 0.15) is 19.8 Å². The van der Waals surface area contributed by atoms with Gasteiger partial charge in [-0.15, -0.1) is 0 Å². The van der Waals surface area contributed by atoms with Crippen LogP contribution in [0.4, 0.5) is 5.82 Å². The van der Waals surface area contributed by atoms with E-state index in [1.165, 1.54) is 6.33 Å². The van der Waals surface area contributed by atoms with E-state index in [-0.39, 0.29) is 6.10 Å². The highest BCUT2D eigenvalue weighted by molar-refractivity contribution is 6.29. The van der Waals surface area contributed by atoms with Crippen LogP contribution in [0.3, 0.4) is 0 Å². The second-order valence-electron chi connectivity index (χ2n) is 4.58. The summed E-state index contributed by atoms with van der Waals surface area (Å²) in [6.07, 6.45) is 4.01. The third-order valence-corrected chi connectivity index (χ3v) is 3.55. The smallest absolute Gasteiger partial charge is 0.255 e. The van der Waals surface area contributed by atoms with E-state index in [1.54, 1.807) is 4.52 Å². The number of fused-ring (bicyclic) bond motifs is 1. The number of anilines is 1. The highest BCUT2D eigenvalue weighted by Gasteiger charge is 2.21. The van der Waals surface area contributed by atoms with Gasteiger partial charge >= 0.3 is 0 Å². The van der Waals surface area contributed by atoms with E-state index in [9.17, 15) is 0 Å². The molecule has 3 heterocycles. The molecular formula is C12H16ClN5O. The Morgan fingerprint density at radius 1 is 1.58 bits per heavy atom. The van der Waals surface area contributed by atoms with Gasteiger partial charge in [-0.3, -0.25) is 0 Å². The van der Waals surface area contributed by atoms with Crippen molar-refractivity contribution < 1.29 is 4.74 Å². The van der Waals surface area contributed by atoms with E-state index < -0.39 is 0 Å². The minimum atomic E-state index is 0.283. The summed E-state index contributed by atoms with van der Waals surface area (Å²) < 4.78 is 7.41. The summed E-state index contributed by atoms with van der Waals surface area (Å²) in [5.41, 5.74) is 0. The number of ether oxygens (including phenoxy) is 1. The highest BCUT2D eigenvalue weighted by atomic mass is 35.5. The lowest BCUT2D eigenvalue weighted by molar-refractivity contribution is 0.115. The molecule has 6 nitrogen and oxygen atoms in total. The Hall–Kier alpha value is -1.40. The number of likely N-dealkylation sites (N-methyl/N-ethyl adjacent to an activating group) is 1. The van der Waals surface area contributed by atoms with Crippen molar-refractivity contribution in [3.63, 3.8) is 0 Å². The molecule has 0 aliphatic carbocycles. The molecule has 0 radical (unpaired) electrons.